The van der Waals surface area contributed by atoms with E-state index in [9.17, 15) is 19.5 Å². The number of amides is 1. The van der Waals surface area contributed by atoms with Crippen LogP contribution in [0.4, 0.5) is 0 Å². The average molecular weight is 338 g/mol. The summed E-state index contributed by atoms with van der Waals surface area (Å²) in [6, 6.07) is 1.62. The number of aromatic hydroxyl groups is 1. The Kier molecular flexibility index (Phi) is 3.95. The lowest BCUT2D eigenvalue weighted by Gasteiger charge is -2.13. The van der Waals surface area contributed by atoms with Gasteiger partial charge in [-0.2, -0.15) is 0 Å². The highest BCUT2D eigenvalue weighted by molar-refractivity contribution is 7.17. The second-order valence-electron chi connectivity index (χ2n) is 5.27. The van der Waals surface area contributed by atoms with Gasteiger partial charge in [-0.1, -0.05) is 0 Å². The van der Waals surface area contributed by atoms with E-state index in [4.69, 9.17) is 9.94 Å². The van der Waals surface area contributed by atoms with Gasteiger partial charge in [0.25, 0.3) is 11.5 Å². The Morgan fingerprint density at radius 1 is 1.43 bits per heavy atom. The van der Waals surface area contributed by atoms with Crippen LogP contribution in [0.15, 0.2) is 16.2 Å². The van der Waals surface area contributed by atoms with Crippen molar-refractivity contribution in [3.8, 4) is 5.75 Å². The fraction of sp³-hybridized carbons (Fsp3) is 0.357. The van der Waals surface area contributed by atoms with Gasteiger partial charge in [0.05, 0.1) is 4.70 Å². The van der Waals surface area contributed by atoms with Crippen molar-refractivity contribution in [2.75, 3.05) is 13.2 Å². The third-order valence-electron chi connectivity index (χ3n) is 3.48. The van der Waals surface area contributed by atoms with E-state index in [2.05, 4.69) is 5.32 Å². The molecule has 0 aliphatic heterocycles. The van der Waals surface area contributed by atoms with Crippen molar-refractivity contribution in [2.24, 2.45) is 5.92 Å². The van der Waals surface area contributed by atoms with Gasteiger partial charge < -0.3 is 20.4 Å². The second-order valence-corrected chi connectivity index (χ2v) is 6.19. The number of pyridine rings is 1. The number of carboxylic acid groups (broad SMARTS) is 1. The van der Waals surface area contributed by atoms with E-state index in [-0.39, 0.29) is 0 Å². The van der Waals surface area contributed by atoms with E-state index < -0.39 is 35.3 Å². The number of carbonyl (C=O) groups excluding carboxylic acids is 1. The first kappa shape index (κ1) is 15.3. The highest BCUT2D eigenvalue weighted by atomic mass is 32.1. The fourth-order valence-electron chi connectivity index (χ4n) is 2.11. The van der Waals surface area contributed by atoms with Gasteiger partial charge in [0.2, 0.25) is 0 Å². The van der Waals surface area contributed by atoms with Crippen molar-refractivity contribution in [1.29, 1.82) is 0 Å². The molecule has 0 aromatic carbocycles. The van der Waals surface area contributed by atoms with Crippen LogP contribution in [0.3, 0.4) is 0 Å². The molecular formula is C14H14N2O6S. The molecule has 9 heteroatoms. The minimum absolute atomic E-state index is 0.334. The number of aliphatic carboxylic acids is 1. The first-order valence-electron chi connectivity index (χ1n) is 6.97. The predicted octanol–water partition coefficient (Wildman–Crippen LogP) is 0.422. The van der Waals surface area contributed by atoms with E-state index in [1.165, 1.54) is 0 Å². The Balaban J connectivity index is 2.03. The maximum atomic E-state index is 12.5. The van der Waals surface area contributed by atoms with Crippen LogP contribution in [0.5, 0.6) is 5.75 Å². The van der Waals surface area contributed by atoms with Crippen LogP contribution in [-0.4, -0.2) is 40.0 Å². The Bertz CT molecular complexity index is 836. The normalized spacial score (nSPS) is 13.9. The molecule has 0 bridgehead atoms. The highest BCUT2D eigenvalue weighted by Crippen LogP contribution is 2.32. The van der Waals surface area contributed by atoms with Gasteiger partial charge in [-0.05, 0) is 30.2 Å². The van der Waals surface area contributed by atoms with E-state index in [1.54, 1.807) is 11.4 Å². The predicted molar refractivity (Wildman–Crippen MR) is 81.9 cm³/mol. The number of thiophene rings is 1. The summed E-state index contributed by atoms with van der Waals surface area (Å²) in [7, 11) is 0. The molecule has 0 saturated heterocycles. The Labute approximate surface area is 133 Å². The summed E-state index contributed by atoms with van der Waals surface area (Å²) >= 11 is 1.16. The summed E-state index contributed by atoms with van der Waals surface area (Å²) in [6.45, 7) is -0.297. The van der Waals surface area contributed by atoms with Crippen molar-refractivity contribution in [3.05, 3.63) is 27.4 Å². The summed E-state index contributed by atoms with van der Waals surface area (Å²) in [6.07, 6.45) is 2.07. The van der Waals surface area contributed by atoms with Crippen molar-refractivity contribution < 1.29 is 24.6 Å². The van der Waals surface area contributed by atoms with E-state index in [1.807, 2.05) is 0 Å². The molecular weight excluding hydrogens is 324 g/mol. The third-order valence-corrected chi connectivity index (χ3v) is 4.39. The van der Waals surface area contributed by atoms with E-state index in [0.29, 0.717) is 22.7 Å². The number of hydrogen-bond donors (Lipinski definition) is 3. The summed E-state index contributed by atoms with van der Waals surface area (Å²) in [5, 5.41) is 22.6. The van der Waals surface area contributed by atoms with Crippen molar-refractivity contribution >= 4 is 33.4 Å². The largest absolute Gasteiger partial charge is 0.505 e. The Morgan fingerprint density at radius 3 is 2.83 bits per heavy atom. The molecule has 0 unspecified atom stereocenters. The standard InChI is InChI=1S/C14H14N2O6S/c17-9(18)5-15-13(20)10-11(19)12-8(3-4-23-12)16(14(10)21)22-6-7-1-2-7/h3-4,7,19H,1-2,5-6H2,(H,15,20)(H,17,18). The summed E-state index contributed by atoms with van der Waals surface area (Å²) in [5.41, 5.74) is -0.943. The number of fused-ring (bicyclic) bond motifs is 1. The number of rotatable bonds is 6. The van der Waals surface area contributed by atoms with Gasteiger partial charge in [-0.3, -0.25) is 14.4 Å². The van der Waals surface area contributed by atoms with Gasteiger partial charge in [0.15, 0.2) is 11.3 Å². The number of nitrogens with zero attached hydrogens (tertiary/aromatic N) is 1. The maximum Gasteiger partial charge on any atom is 0.322 e. The number of nitrogens with one attached hydrogen (secondary N) is 1. The molecule has 3 rings (SSSR count). The average Bonchev–Trinajstić information content (AvgIpc) is 3.19. The molecule has 1 amide bonds. The first-order valence-corrected chi connectivity index (χ1v) is 7.85. The van der Waals surface area contributed by atoms with Crippen LogP contribution in [0, 0.1) is 5.92 Å². The molecule has 122 valence electrons. The Morgan fingerprint density at radius 2 is 2.17 bits per heavy atom. The molecule has 1 fully saturated rings. The summed E-state index contributed by atoms with van der Waals surface area (Å²) < 4.78 is 1.33. The van der Waals surface area contributed by atoms with Gasteiger partial charge in [-0.25, -0.2) is 0 Å². The highest BCUT2D eigenvalue weighted by Gasteiger charge is 2.26. The maximum absolute atomic E-state index is 12.5. The quantitative estimate of drug-likeness (QED) is 0.703. The monoisotopic (exact) mass is 338 g/mol. The first-order chi connectivity index (χ1) is 11.0. The second kappa shape index (κ2) is 5.92. The molecule has 2 heterocycles. The number of aromatic nitrogens is 1. The zero-order valence-electron chi connectivity index (χ0n) is 11.9. The number of hydrogen-bond acceptors (Lipinski definition) is 6. The van der Waals surface area contributed by atoms with Crippen LogP contribution in [0.2, 0.25) is 0 Å². The summed E-state index contributed by atoms with van der Waals surface area (Å²) in [5.74, 6) is -2.27. The molecule has 0 atom stereocenters. The molecule has 1 aliphatic rings. The third kappa shape index (κ3) is 3.00. The molecule has 2 aromatic heterocycles. The molecule has 0 spiro atoms. The summed E-state index contributed by atoms with van der Waals surface area (Å²) in [4.78, 5) is 40.6. The lowest BCUT2D eigenvalue weighted by molar-refractivity contribution is -0.135. The van der Waals surface area contributed by atoms with Crippen LogP contribution in [0.1, 0.15) is 23.2 Å². The molecule has 0 radical (unpaired) electrons. The molecule has 2 aromatic rings. The van der Waals surface area contributed by atoms with Crippen LogP contribution in [-0.2, 0) is 4.79 Å². The topological polar surface area (TPSA) is 118 Å². The molecule has 3 N–H and O–H groups in total. The smallest absolute Gasteiger partial charge is 0.322 e. The fourth-order valence-corrected chi connectivity index (χ4v) is 2.93. The zero-order valence-corrected chi connectivity index (χ0v) is 12.8. The van der Waals surface area contributed by atoms with E-state index >= 15 is 0 Å². The van der Waals surface area contributed by atoms with Gasteiger partial charge in [-0.15, -0.1) is 16.1 Å². The molecule has 1 aliphatic carbocycles. The van der Waals surface area contributed by atoms with Gasteiger partial charge in [0, 0.05) is 0 Å². The van der Waals surface area contributed by atoms with E-state index in [0.717, 1.165) is 28.9 Å². The lowest BCUT2D eigenvalue weighted by Crippen LogP contribution is -2.37. The van der Waals surface area contributed by atoms with Crippen molar-refractivity contribution in [3.63, 3.8) is 0 Å². The zero-order chi connectivity index (χ0) is 16.6. The molecule has 23 heavy (non-hydrogen) atoms. The number of carbonyl (C=O) groups is 2. The van der Waals surface area contributed by atoms with Crippen LogP contribution >= 0.6 is 11.3 Å². The van der Waals surface area contributed by atoms with Crippen molar-refractivity contribution in [2.45, 2.75) is 12.8 Å². The van der Waals surface area contributed by atoms with Crippen LogP contribution in [0.25, 0.3) is 10.2 Å². The Hall–Kier alpha value is -2.55. The van der Waals surface area contributed by atoms with Crippen LogP contribution < -0.4 is 15.7 Å². The van der Waals surface area contributed by atoms with Gasteiger partial charge in [0.1, 0.15) is 18.7 Å². The SMILES string of the molecule is O=C(O)CNC(=O)c1c(O)c2sccc2n(OCC2CC2)c1=O. The minimum atomic E-state index is -1.25. The number of carboxylic acids is 1. The molecule has 8 nitrogen and oxygen atoms in total. The minimum Gasteiger partial charge on any atom is -0.505 e. The molecule has 1 saturated carbocycles. The lowest BCUT2D eigenvalue weighted by atomic mass is 10.2. The van der Waals surface area contributed by atoms with Gasteiger partial charge >= 0.3 is 5.97 Å². The van der Waals surface area contributed by atoms with Crippen molar-refractivity contribution in [1.82, 2.24) is 10.0 Å².